The molecule has 2 aliphatic rings. The van der Waals surface area contributed by atoms with Crippen molar-refractivity contribution in [2.45, 2.75) is 45.1 Å². The number of esters is 1. The van der Waals surface area contributed by atoms with E-state index < -0.39 is 23.8 Å². The zero-order valence-corrected chi connectivity index (χ0v) is 15.8. The molecule has 1 amide bonds. The summed E-state index contributed by atoms with van der Waals surface area (Å²) in [5, 5.41) is 0. The molecule has 1 heterocycles. The molecule has 0 saturated carbocycles. The molecule has 0 spiro atoms. The van der Waals surface area contributed by atoms with Crippen molar-refractivity contribution in [3.05, 3.63) is 72.4 Å². The van der Waals surface area contributed by atoms with Crippen molar-refractivity contribution >= 4 is 12.1 Å². The van der Waals surface area contributed by atoms with Gasteiger partial charge in [0, 0.05) is 12.3 Å². The van der Waals surface area contributed by atoms with Crippen molar-refractivity contribution in [2.24, 2.45) is 5.92 Å². The van der Waals surface area contributed by atoms with Gasteiger partial charge in [-0.05, 0) is 25.8 Å². The van der Waals surface area contributed by atoms with Crippen LogP contribution in [0.2, 0.25) is 0 Å². The molecule has 3 rings (SSSR count). The lowest BCUT2D eigenvalue weighted by Crippen LogP contribution is -2.53. The van der Waals surface area contributed by atoms with Gasteiger partial charge >= 0.3 is 12.1 Å². The second-order valence-corrected chi connectivity index (χ2v) is 7.33. The molecule has 3 atom stereocenters. The largest absolute Gasteiger partial charge is 0.444 e. The summed E-state index contributed by atoms with van der Waals surface area (Å²) in [6.07, 6.45) is 7.59. The van der Waals surface area contributed by atoms with Crippen LogP contribution < -0.4 is 0 Å². The molecular formula is C22H25NO4. The van der Waals surface area contributed by atoms with Gasteiger partial charge in [-0.3, -0.25) is 4.90 Å². The second kappa shape index (κ2) is 7.82. The lowest BCUT2D eigenvalue weighted by Gasteiger charge is -2.35. The van der Waals surface area contributed by atoms with Gasteiger partial charge in [-0.25, -0.2) is 9.59 Å². The van der Waals surface area contributed by atoms with Crippen LogP contribution in [0.15, 0.2) is 66.8 Å². The van der Waals surface area contributed by atoms with Crippen molar-refractivity contribution in [2.75, 3.05) is 0 Å². The Morgan fingerprint density at radius 2 is 2.07 bits per heavy atom. The summed E-state index contributed by atoms with van der Waals surface area (Å²) >= 11 is 0. The number of benzene rings is 1. The minimum absolute atomic E-state index is 0.102. The third kappa shape index (κ3) is 3.97. The molecule has 2 unspecified atom stereocenters. The monoisotopic (exact) mass is 367 g/mol. The van der Waals surface area contributed by atoms with Crippen molar-refractivity contribution in [3.63, 3.8) is 0 Å². The highest BCUT2D eigenvalue weighted by Crippen LogP contribution is 2.39. The number of hydrogen-bond donors (Lipinski definition) is 0. The lowest BCUT2D eigenvalue weighted by molar-refractivity contribution is -0.146. The maximum atomic E-state index is 13.0. The predicted octanol–water partition coefficient (Wildman–Crippen LogP) is 4.37. The Morgan fingerprint density at radius 3 is 2.70 bits per heavy atom. The summed E-state index contributed by atoms with van der Waals surface area (Å²) in [5.41, 5.74) is 0.560. The summed E-state index contributed by atoms with van der Waals surface area (Å²) in [6, 6.07) is 9.45. The highest BCUT2D eigenvalue weighted by Gasteiger charge is 2.56. The van der Waals surface area contributed by atoms with Gasteiger partial charge in [0.2, 0.25) is 0 Å². The number of nitrogens with zero attached hydrogens (tertiary/aromatic N) is 1. The summed E-state index contributed by atoms with van der Waals surface area (Å²) < 4.78 is 11.2. The van der Waals surface area contributed by atoms with E-state index in [4.69, 9.17) is 9.47 Å². The number of cyclic esters (lactones) is 1. The number of hydrogen-bond acceptors (Lipinski definition) is 4. The Morgan fingerprint density at radius 1 is 1.33 bits per heavy atom. The van der Waals surface area contributed by atoms with Crippen molar-refractivity contribution in [3.8, 4) is 0 Å². The topological polar surface area (TPSA) is 55.8 Å². The van der Waals surface area contributed by atoms with Gasteiger partial charge in [-0.1, -0.05) is 60.2 Å². The number of allylic oxidation sites excluding steroid dienone is 3. The summed E-state index contributed by atoms with van der Waals surface area (Å²) in [5.74, 6) is -0.523. The minimum atomic E-state index is -1.13. The van der Waals surface area contributed by atoms with Gasteiger partial charge in [0.25, 0.3) is 0 Å². The Bertz CT molecular complexity index is 783. The molecule has 1 aliphatic heterocycles. The van der Waals surface area contributed by atoms with Crippen molar-refractivity contribution in [1.82, 2.24) is 4.90 Å². The Balaban J connectivity index is 1.84. The van der Waals surface area contributed by atoms with Gasteiger partial charge in [0.15, 0.2) is 6.23 Å². The quantitative estimate of drug-likeness (QED) is 0.573. The maximum absolute atomic E-state index is 13.0. The smallest absolute Gasteiger partial charge is 0.414 e. The number of carbonyl (C=O) groups excluding carboxylic acids is 2. The fourth-order valence-electron chi connectivity index (χ4n) is 3.60. The van der Waals surface area contributed by atoms with Crippen LogP contribution in [0, 0.1) is 5.92 Å². The minimum Gasteiger partial charge on any atom is -0.444 e. The molecule has 5 heteroatoms. The molecule has 1 aromatic carbocycles. The van der Waals surface area contributed by atoms with Gasteiger partial charge in [0.1, 0.15) is 12.1 Å². The Labute approximate surface area is 159 Å². The van der Waals surface area contributed by atoms with E-state index in [1.165, 1.54) is 4.90 Å². The van der Waals surface area contributed by atoms with E-state index in [2.05, 4.69) is 6.58 Å². The van der Waals surface area contributed by atoms with Crippen LogP contribution in [0.1, 0.15) is 32.3 Å². The summed E-state index contributed by atoms with van der Waals surface area (Å²) in [7, 11) is 0. The molecule has 0 radical (unpaired) electrons. The van der Waals surface area contributed by atoms with E-state index in [-0.39, 0.29) is 12.5 Å². The second-order valence-electron chi connectivity index (χ2n) is 7.33. The summed E-state index contributed by atoms with van der Waals surface area (Å²) in [4.78, 5) is 27.2. The van der Waals surface area contributed by atoms with Crippen LogP contribution in [0.3, 0.4) is 0 Å². The predicted molar refractivity (Wildman–Crippen MR) is 103 cm³/mol. The van der Waals surface area contributed by atoms with E-state index in [1.807, 2.05) is 61.6 Å². The molecule has 1 fully saturated rings. The van der Waals surface area contributed by atoms with E-state index >= 15 is 0 Å². The van der Waals surface area contributed by atoms with Crippen molar-refractivity contribution < 1.29 is 19.1 Å². The van der Waals surface area contributed by atoms with Crippen LogP contribution in [-0.4, -0.2) is 28.7 Å². The van der Waals surface area contributed by atoms with Crippen LogP contribution in [0.4, 0.5) is 4.79 Å². The van der Waals surface area contributed by atoms with Gasteiger partial charge < -0.3 is 9.47 Å². The fourth-order valence-corrected chi connectivity index (χ4v) is 3.60. The molecule has 142 valence electrons. The van der Waals surface area contributed by atoms with Crippen molar-refractivity contribution in [1.29, 1.82) is 0 Å². The number of rotatable bonds is 5. The van der Waals surface area contributed by atoms with Gasteiger partial charge in [-0.2, -0.15) is 0 Å². The average molecular weight is 367 g/mol. The molecule has 0 bridgehead atoms. The van der Waals surface area contributed by atoms with E-state index in [0.717, 1.165) is 11.1 Å². The summed E-state index contributed by atoms with van der Waals surface area (Å²) in [6.45, 7) is 7.61. The van der Waals surface area contributed by atoms with E-state index in [9.17, 15) is 9.59 Å². The maximum Gasteiger partial charge on any atom is 0.414 e. The first-order valence-corrected chi connectivity index (χ1v) is 9.10. The molecule has 1 aliphatic carbocycles. The first kappa shape index (κ1) is 19.0. The van der Waals surface area contributed by atoms with E-state index in [1.54, 1.807) is 6.92 Å². The van der Waals surface area contributed by atoms with Crippen LogP contribution in [0.25, 0.3) is 0 Å². The standard InChI is InChI=1S/C22H25NO4/c1-16(2)14-22(3)20(24)27-19(18-12-8-5-9-13-18)23(22)21(25)26-15-17-10-6-4-7-11-17/h4-12,18-19H,1,13-15H2,2-3H3/t18?,19?,22-/m0/s1. The van der Waals surface area contributed by atoms with Gasteiger partial charge in [-0.15, -0.1) is 6.58 Å². The van der Waals surface area contributed by atoms with Crippen LogP contribution >= 0.6 is 0 Å². The fraction of sp³-hybridized carbons (Fsp3) is 0.364. The first-order chi connectivity index (χ1) is 12.9. The van der Waals surface area contributed by atoms with Crippen LogP contribution in [-0.2, 0) is 20.9 Å². The van der Waals surface area contributed by atoms with Gasteiger partial charge in [0.05, 0.1) is 0 Å². The molecular weight excluding hydrogens is 342 g/mol. The number of ether oxygens (including phenoxy) is 2. The average Bonchev–Trinajstić information content (AvgIpc) is 2.91. The normalized spacial score (nSPS) is 26.7. The molecule has 0 N–H and O–H groups in total. The highest BCUT2D eigenvalue weighted by molar-refractivity contribution is 5.88. The number of carbonyl (C=O) groups is 2. The third-order valence-electron chi connectivity index (χ3n) is 4.88. The SMILES string of the molecule is C=C(C)C[C@@]1(C)C(=O)OC(C2C=CC=CC2)N1C(=O)OCc1ccccc1. The molecule has 27 heavy (non-hydrogen) atoms. The third-order valence-corrected chi connectivity index (χ3v) is 4.88. The zero-order valence-electron chi connectivity index (χ0n) is 15.8. The molecule has 5 nitrogen and oxygen atoms in total. The lowest BCUT2D eigenvalue weighted by atomic mass is 9.91. The number of amides is 1. The Kier molecular flexibility index (Phi) is 5.49. The van der Waals surface area contributed by atoms with Crippen LogP contribution in [0.5, 0.6) is 0 Å². The van der Waals surface area contributed by atoms with E-state index in [0.29, 0.717) is 12.8 Å². The highest BCUT2D eigenvalue weighted by atomic mass is 16.6. The Hall–Kier alpha value is -2.82. The zero-order chi connectivity index (χ0) is 19.4. The molecule has 1 saturated heterocycles. The first-order valence-electron chi connectivity index (χ1n) is 9.10. The molecule has 0 aromatic heterocycles. The molecule has 1 aromatic rings.